The van der Waals surface area contributed by atoms with Crippen molar-refractivity contribution >= 4 is 0 Å². The van der Waals surface area contributed by atoms with E-state index in [1.54, 1.807) is 7.11 Å². The predicted octanol–water partition coefficient (Wildman–Crippen LogP) is 1.31. The summed E-state index contributed by atoms with van der Waals surface area (Å²) in [5, 5.41) is 19.5. The highest BCUT2D eigenvalue weighted by Gasteiger charge is 2.27. The highest BCUT2D eigenvalue weighted by molar-refractivity contribution is 5.66. The number of likely N-dealkylation sites (tertiary alicyclic amines) is 1. The van der Waals surface area contributed by atoms with Gasteiger partial charge < -0.3 is 28.8 Å². The van der Waals surface area contributed by atoms with Gasteiger partial charge in [-0.2, -0.15) is 0 Å². The second kappa shape index (κ2) is 6.79. The highest BCUT2D eigenvalue weighted by Crippen LogP contribution is 2.44. The molecule has 1 fully saturated rings. The number of oxazole rings is 1. The number of aliphatic hydroxyl groups is 2. The van der Waals surface area contributed by atoms with E-state index in [9.17, 15) is 10.2 Å². The minimum absolute atomic E-state index is 0.161. The van der Waals surface area contributed by atoms with Gasteiger partial charge in [-0.05, 0) is 25.5 Å². The zero-order valence-electron chi connectivity index (χ0n) is 14.8. The minimum Gasteiger partial charge on any atom is -0.493 e. The molecule has 0 aliphatic carbocycles. The maximum Gasteiger partial charge on any atom is 0.231 e. The van der Waals surface area contributed by atoms with Gasteiger partial charge in [0.05, 0.1) is 25.0 Å². The van der Waals surface area contributed by atoms with Crippen molar-refractivity contribution in [2.45, 2.75) is 32.1 Å². The van der Waals surface area contributed by atoms with Crippen LogP contribution in [0.4, 0.5) is 0 Å². The maximum atomic E-state index is 9.85. The second-order valence-corrected chi connectivity index (χ2v) is 6.59. The molecule has 2 aromatic rings. The lowest BCUT2D eigenvalue weighted by molar-refractivity contribution is -0.0406. The molecule has 0 bridgehead atoms. The molecule has 8 heteroatoms. The van der Waals surface area contributed by atoms with Gasteiger partial charge in [0, 0.05) is 25.2 Å². The Morgan fingerprint density at radius 2 is 2.12 bits per heavy atom. The maximum absolute atomic E-state index is 9.85. The molecule has 2 aliphatic heterocycles. The smallest absolute Gasteiger partial charge is 0.231 e. The zero-order chi connectivity index (χ0) is 18.3. The number of hydrogen-bond donors (Lipinski definition) is 2. The van der Waals surface area contributed by atoms with Crippen LogP contribution in [0.25, 0.3) is 11.5 Å². The Morgan fingerprint density at radius 1 is 1.27 bits per heavy atom. The third kappa shape index (κ3) is 3.11. The summed E-state index contributed by atoms with van der Waals surface area (Å²) in [7, 11) is 1.57. The third-order valence-electron chi connectivity index (χ3n) is 4.80. The van der Waals surface area contributed by atoms with Crippen LogP contribution in [0.3, 0.4) is 0 Å². The summed E-state index contributed by atoms with van der Waals surface area (Å²) in [6.07, 6.45) is -0.834. The fourth-order valence-electron chi connectivity index (χ4n) is 3.29. The van der Waals surface area contributed by atoms with E-state index >= 15 is 0 Å². The first-order chi connectivity index (χ1) is 12.5. The molecule has 1 aromatic carbocycles. The van der Waals surface area contributed by atoms with Crippen LogP contribution in [0.1, 0.15) is 17.9 Å². The lowest BCUT2D eigenvalue weighted by Gasteiger charge is -2.32. The molecular weight excluding hydrogens is 340 g/mol. The topological polar surface area (TPSA) is 97.4 Å². The van der Waals surface area contributed by atoms with Crippen molar-refractivity contribution in [2.75, 3.05) is 27.0 Å². The Kier molecular flexibility index (Phi) is 4.47. The fraction of sp³-hybridized carbons (Fsp3) is 0.500. The van der Waals surface area contributed by atoms with E-state index in [4.69, 9.17) is 18.6 Å². The van der Waals surface area contributed by atoms with Gasteiger partial charge in [-0.3, -0.25) is 4.90 Å². The average Bonchev–Trinajstić information content (AvgIpc) is 3.24. The SMILES string of the molecule is COc1cc(-c2nc(CN3CC[C@H](O)[C@@H](O)C3)c(C)o2)cc2c1OCO2. The molecule has 0 radical (unpaired) electrons. The van der Waals surface area contributed by atoms with Gasteiger partial charge in [0.2, 0.25) is 18.4 Å². The molecule has 3 heterocycles. The van der Waals surface area contributed by atoms with Crippen LogP contribution >= 0.6 is 0 Å². The quantitative estimate of drug-likeness (QED) is 0.840. The number of aryl methyl sites for hydroxylation is 1. The van der Waals surface area contributed by atoms with Crippen molar-refractivity contribution in [1.29, 1.82) is 0 Å². The van der Waals surface area contributed by atoms with Crippen LogP contribution in [-0.2, 0) is 6.54 Å². The van der Waals surface area contributed by atoms with Gasteiger partial charge in [0.25, 0.3) is 0 Å². The van der Waals surface area contributed by atoms with Gasteiger partial charge in [0.1, 0.15) is 5.76 Å². The van der Waals surface area contributed by atoms with Crippen LogP contribution in [0.5, 0.6) is 17.2 Å². The number of aliphatic hydroxyl groups excluding tert-OH is 2. The Morgan fingerprint density at radius 3 is 2.88 bits per heavy atom. The molecule has 0 saturated carbocycles. The number of rotatable bonds is 4. The Bertz CT molecular complexity index is 805. The standard InChI is InChI=1S/C18H22N2O6/c1-10-12(7-20-4-3-13(21)14(22)8-20)19-18(26-10)11-5-15(23-2)17-16(6-11)24-9-25-17/h5-6,13-14,21-22H,3-4,7-9H2,1-2H3/t13-,14-/m0/s1. The van der Waals surface area contributed by atoms with Crippen LogP contribution in [0.2, 0.25) is 0 Å². The number of piperidine rings is 1. The lowest BCUT2D eigenvalue weighted by Crippen LogP contribution is -2.46. The molecule has 2 atom stereocenters. The van der Waals surface area contributed by atoms with E-state index < -0.39 is 12.2 Å². The van der Waals surface area contributed by atoms with Crippen molar-refractivity contribution in [1.82, 2.24) is 9.88 Å². The first-order valence-corrected chi connectivity index (χ1v) is 8.58. The average molecular weight is 362 g/mol. The van der Waals surface area contributed by atoms with Crippen LogP contribution in [0, 0.1) is 6.92 Å². The van der Waals surface area contributed by atoms with E-state index in [1.165, 1.54) is 0 Å². The monoisotopic (exact) mass is 362 g/mol. The van der Waals surface area contributed by atoms with Gasteiger partial charge in [-0.15, -0.1) is 0 Å². The number of nitrogens with zero attached hydrogens (tertiary/aromatic N) is 2. The summed E-state index contributed by atoms with van der Waals surface area (Å²) < 4.78 is 22.1. The fourth-order valence-corrected chi connectivity index (χ4v) is 3.29. The number of ether oxygens (including phenoxy) is 3. The Labute approximate surface area is 150 Å². The van der Waals surface area contributed by atoms with E-state index in [1.807, 2.05) is 19.1 Å². The van der Waals surface area contributed by atoms with Crippen molar-refractivity contribution in [3.63, 3.8) is 0 Å². The highest BCUT2D eigenvalue weighted by atomic mass is 16.7. The van der Waals surface area contributed by atoms with Crippen molar-refractivity contribution in [3.05, 3.63) is 23.6 Å². The van der Waals surface area contributed by atoms with Gasteiger partial charge in [-0.1, -0.05) is 0 Å². The van der Waals surface area contributed by atoms with E-state index in [2.05, 4.69) is 9.88 Å². The molecule has 1 aromatic heterocycles. The predicted molar refractivity (Wildman–Crippen MR) is 91.3 cm³/mol. The van der Waals surface area contributed by atoms with Crippen molar-refractivity contribution in [3.8, 4) is 28.7 Å². The first kappa shape index (κ1) is 17.1. The van der Waals surface area contributed by atoms with E-state index in [-0.39, 0.29) is 6.79 Å². The summed E-state index contributed by atoms with van der Waals surface area (Å²) in [6, 6.07) is 3.63. The summed E-state index contributed by atoms with van der Waals surface area (Å²) >= 11 is 0. The van der Waals surface area contributed by atoms with Gasteiger partial charge >= 0.3 is 0 Å². The van der Waals surface area contributed by atoms with Crippen molar-refractivity contribution < 1.29 is 28.8 Å². The number of hydrogen-bond acceptors (Lipinski definition) is 8. The summed E-state index contributed by atoms with van der Waals surface area (Å²) in [6.45, 7) is 3.71. The van der Waals surface area contributed by atoms with E-state index in [0.29, 0.717) is 49.2 Å². The molecule has 0 unspecified atom stereocenters. The summed E-state index contributed by atoms with van der Waals surface area (Å²) in [4.78, 5) is 6.68. The molecule has 140 valence electrons. The number of benzene rings is 1. The largest absolute Gasteiger partial charge is 0.493 e. The molecule has 0 amide bonds. The molecule has 1 saturated heterocycles. The van der Waals surface area contributed by atoms with Crippen LogP contribution < -0.4 is 14.2 Å². The molecule has 26 heavy (non-hydrogen) atoms. The molecule has 2 aliphatic rings. The lowest BCUT2D eigenvalue weighted by atomic mass is 10.1. The summed E-state index contributed by atoms with van der Waals surface area (Å²) in [5.41, 5.74) is 1.55. The molecular formula is C18H22N2O6. The van der Waals surface area contributed by atoms with Crippen LogP contribution in [0.15, 0.2) is 16.5 Å². The zero-order valence-corrected chi connectivity index (χ0v) is 14.8. The van der Waals surface area contributed by atoms with E-state index in [0.717, 1.165) is 17.0 Å². The molecule has 8 nitrogen and oxygen atoms in total. The first-order valence-electron chi connectivity index (χ1n) is 8.58. The molecule has 4 rings (SSSR count). The third-order valence-corrected chi connectivity index (χ3v) is 4.80. The minimum atomic E-state index is -0.728. The Balaban J connectivity index is 1.57. The molecule has 0 spiro atoms. The van der Waals surface area contributed by atoms with Crippen molar-refractivity contribution in [2.24, 2.45) is 0 Å². The van der Waals surface area contributed by atoms with Gasteiger partial charge in [0.15, 0.2) is 11.5 Å². The van der Waals surface area contributed by atoms with Gasteiger partial charge in [-0.25, -0.2) is 4.98 Å². The normalized spacial score (nSPS) is 22.6. The van der Waals surface area contributed by atoms with Crippen LogP contribution in [-0.4, -0.2) is 59.3 Å². The second-order valence-electron chi connectivity index (χ2n) is 6.59. The Hall–Kier alpha value is -2.29. The summed E-state index contributed by atoms with van der Waals surface area (Å²) in [5.74, 6) is 2.95. The number of methoxy groups -OCH3 is 1. The molecule has 2 N–H and O–H groups in total. The number of aromatic nitrogens is 1. The number of fused-ring (bicyclic) bond motifs is 1. The number of β-amino-alcohol motifs (C(OH)–C–C–N with tert-alkyl or cyclic N) is 1.